The molecule has 2 fully saturated rings. The fourth-order valence-electron chi connectivity index (χ4n) is 3.98. The van der Waals surface area contributed by atoms with Crippen LogP contribution in [0.25, 0.3) is 10.9 Å². The molecule has 2 aliphatic heterocycles. The molecule has 2 bridgehead atoms. The summed E-state index contributed by atoms with van der Waals surface area (Å²) in [6, 6.07) is 10.8. The average Bonchev–Trinajstić information content (AvgIpc) is 2.77. The zero-order chi connectivity index (χ0) is 14.4. The van der Waals surface area contributed by atoms with Crippen LogP contribution in [0.5, 0.6) is 0 Å². The van der Waals surface area contributed by atoms with Crippen LogP contribution in [0.4, 0.5) is 5.82 Å². The largest absolute Gasteiger partial charge is 0.393 e. The Balaban J connectivity index is 1.82. The second kappa shape index (κ2) is 4.97. The van der Waals surface area contributed by atoms with Crippen LogP contribution in [0.15, 0.2) is 30.3 Å². The Hall–Kier alpha value is -1.65. The number of anilines is 1. The Morgan fingerprint density at radius 3 is 2.57 bits per heavy atom. The summed E-state index contributed by atoms with van der Waals surface area (Å²) in [5, 5.41) is 20.8. The van der Waals surface area contributed by atoms with E-state index in [1.54, 1.807) is 0 Å². The lowest BCUT2D eigenvalue weighted by atomic mass is 9.99. The first-order valence-corrected chi connectivity index (χ1v) is 7.72. The van der Waals surface area contributed by atoms with Gasteiger partial charge in [0.2, 0.25) is 0 Å². The highest BCUT2D eigenvalue weighted by molar-refractivity contribution is 5.82. The van der Waals surface area contributed by atoms with Gasteiger partial charge in [0.1, 0.15) is 5.82 Å². The maximum atomic E-state index is 9.96. The maximum absolute atomic E-state index is 9.96. The maximum Gasteiger partial charge on any atom is 0.135 e. The number of aliphatic hydroxyl groups excluding tert-OH is 2. The summed E-state index contributed by atoms with van der Waals surface area (Å²) in [7, 11) is 0. The van der Waals surface area contributed by atoms with E-state index in [2.05, 4.69) is 4.90 Å². The van der Waals surface area contributed by atoms with Crippen molar-refractivity contribution in [3.63, 3.8) is 0 Å². The Labute approximate surface area is 124 Å². The number of hydrogen-bond acceptors (Lipinski definition) is 4. The minimum absolute atomic E-state index is 0.00562. The van der Waals surface area contributed by atoms with Crippen LogP contribution in [0, 0.1) is 0 Å². The van der Waals surface area contributed by atoms with E-state index in [1.807, 2.05) is 30.3 Å². The first-order chi connectivity index (χ1) is 10.3. The van der Waals surface area contributed by atoms with E-state index in [4.69, 9.17) is 4.98 Å². The van der Waals surface area contributed by atoms with Crippen LogP contribution >= 0.6 is 0 Å². The minimum atomic E-state index is -0.184. The van der Waals surface area contributed by atoms with Crippen molar-refractivity contribution in [1.82, 2.24) is 4.98 Å². The molecule has 0 saturated carbocycles. The molecule has 1 aromatic carbocycles. The van der Waals surface area contributed by atoms with Gasteiger partial charge in [-0.3, -0.25) is 0 Å². The van der Waals surface area contributed by atoms with Crippen molar-refractivity contribution in [2.75, 3.05) is 4.90 Å². The van der Waals surface area contributed by atoms with E-state index in [0.29, 0.717) is 12.1 Å². The van der Waals surface area contributed by atoms with Gasteiger partial charge >= 0.3 is 0 Å². The van der Waals surface area contributed by atoms with Gasteiger partial charge in [-0.15, -0.1) is 0 Å². The summed E-state index contributed by atoms with van der Waals surface area (Å²) in [6.07, 6.45) is 3.67. The third-order valence-corrected chi connectivity index (χ3v) is 4.90. The SMILES string of the molecule is OCc1cc2ccccc2nc1N1C2CCC1CC(O)C2. The van der Waals surface area contributed by atoms with E-state index in [1.165, 1.54) is 0 Å². The molecular formula is C17H20N2O2. The molecule has 21 heavy (non-hydrogen) atoms. The fourth-order valence-corrected chi connectivity index (χ4v) is 3.98. The summed E-state index contributed by atoms with van der Waals surface area (Å²) >= 11 is 0. The van der Waals surface area contributed by atoms with Crippen molar-refractivity contribution in [1.29, 1.82) is 0 Å². The van der Waals surface area contributed by atoms with Crippen LogP contribution in [0.1, 0.15) is 31.2 Å². The highest BCUT2D eigenvalue weighted by Gasteiger charge is 2.41. The number of para-hydroxylation sites is 1. The van der Waals surface area contributed by atoms with Gasteiger partial charge in [0.05, 0.1) is 18.2 Å². The molecule has 0 spiro atoms. The lowest BCUT2D eigenvalue weighted by molar-refractivity contribution is 0.126. The quantitative estimate of drug-likeness (QED) is 0.888. The summed E-state index contributed by atoms with van der Waals surface area (Å²) < 4.78 is 0. The van der Waals surface area contributed by atoms with Crippen LogP contribution in [-0.2, 0) is 6.61 Å². The summed E-state index contributed by atoms with van der Waals surface area (Å²) in [6.45, 7) is 0.00562. The number of benzene rings is 1. The first kappa shape index (κ1) is 13.0. The van der Waals surface area contributed by atoms with Gasteiger partial charge in [0, 0.05) is 23.0 Å². The third-order valence-electron chi connectivity index (χ3n) is 4.90. The van der Waals surface area contributed by atoms with E-state index >= 15 is 0 Å². The van der Waals surface area contributed by atoms with Gasteiger partial charge in [-0.2, -0.15) is 0 Å². The second-order valence-corrected chi connectivity index (χ2v) is 6.24. The fraction of sp³-hybridized carbons (Fsp3) is 0.471. The molecular weight excluding hydrogens is 264 g/mol. The Morgan fingerprint density at radius 2 is 1.86 bits per heavy atom. The monoisotopic (exact) mass is 284 g/mol. The molecule has 110 valence electrons. The van der Waals surface area contributed by atoms with E-state index in [0.717, 1.165) is 48.0 Å². The van der Waals surface area contributed by atoms with E-state index < -0.39 is 0 Å². The Kier molecular flexibility index (Phi) is 3.08. The molecule has 2 atom stereocenters. The third kappa shape index (κ3) is 2.10. The minimum Gasteiger partial charge on any atom is -0.393 e. The summed E-state index contributed by atoms with van der Waals surface area (Å²) in [5.74, 6) is 0.913. The standard InChI is InChI=1S/C17H20N2O2/c20-10-12-7-11-3-1-2-4-16(11)18-17(12)19-13-5-6-14(19)9-15(21)8-13/h1-4,7,13-15,20-21H,5-6,8-10H2. The van der Waals surface area contributed by atoms with Crippen molar-refractivity contribution in [2.45, 2.75) is 50.5 Å². The molecule has 1 aromatic heterocycles. The van der Waals surface area contributed by atoms with Gasteiger partial charge < -0.3 is 15.1 Å². The lowest BCUT2D eigenvalue weighted by Gasteiger charge is -2.39. The number of hydrogen-bond donors (Lipinski definition) is 2. The molecule has 0 aliphatic carbocycles. The number of aromatic nitrogens is 1. The molecule has 0 radical (unpaired) electrons. The molecule has 2 N–H and O–H groups in total. The Morgan fingerprint density at radius 1 is 1.14 bits per heavy atom. The predicted octanol–water partition coefficient (Wildman–Crippen LogP) is 2.22. The second-order valence-electron chi connectivity index (χ2n) is 6.24. The normalized spacial score (nSPS) is 28.3. The molecule has 4 rings (SSSR count). The van der Waals surface area contributed by atoms with Gasteiger partial charge in [-0.1, -0.05) is 18.2 Å². The number of pyridine rings is 1. The lowest BCUT2D eigenvalue weighted by Crippen LogP contribution is -2.45. The number of rotatable bonds is 2. The van der Waals surface area contributed by atoms with Crippen molar-refractivity contribution in [3.8, 4) is 0 Å². The molecule has 3 heterocycles. The highest BCUT2D eigenvalue weighted by atomic mass is 16.3. The zero-order valence-corrected chi connectivity index (χ0v) is 11.9. The van der Waals surface area contributed by atoms with Crippen LogP contribution in [0.2, 0.25) is 0 Å². The number of fused-ring (bicyclic) bond motifs is 3. The smallest absolute Gasteiger partial charge is 0.135 e. The highest BCUT2D eigenvalue weighted by Crippen LogP contribution is 2.40. The summed E-state index contributed by atoms with van der Waals surface area (Å²) in [5.41, 5.74) is 1.86. The predicted molar refractivity (Wildman–Crippen MR) is 82.2 cm³/mol. The van der Waals surface area contributed by atoms with Crippen LogP contribution < -0.4 is 4.90 Å². The molecule has 2 saturated heterocycles. The molecule has 4 nitrogen and oxygen atoms in total. The number of aliphatic hydroxyl groups is 2. The molecule has 2 unspecified atom stereocenters. The van der Waals surface area contributed by atoms with Crippen molar-refractivity contribution in [3.05, 3.63) is 35.9 Å². The van der Waals surface area contributed by atoms with Gasteiger partial charge in [0.15, 0.2) is 0 Å². The van der Waals surface area contributed by atoms with Crippen LogP contribution in [0.3, 0.4) is 0 Å². The summed E-state index contributed by atoms with van der Waals surface area (Å²) in [4.78, 5) is 7.17. The van der Waals surface area contributed by atoms with Crippen molar-refractivity contribution >= 4 is 16.7 Å². The van der Waals surface area contributed by atoms with Crippen molar-refractivity contribution < 1.29 is 10.2 Å². The molecule has 4 heteroatoms. The molecule has 2 aliphatic rings. The van der Waals surface area contributed by atoms with Crippen LogP contribution in [-0.4, -0.2) is 33.4 Å². The van der Waals surface area contributed by atoms with Gasteiger partial charge in [0.25, 0.3) is 0 Å². The number of piperidine rings is 1. The van der Waals surface area contributed by atoms with E-state index in [9.17, 15) is 10.2 Å². The molecule has 0 amide bonds. The zero-order valence-electron chi connectivity index (χ0n) is 11.9. The van der Waals surface area contributed by atoms with Gasteiger partial charge in [-0.25, -0.2) is 4.98 Å². The molecule has 2 aromatic rings. The first-order valence-electron chi connectivity index (χ1n) is 7.72. The van der Waals surface area contributed by atoms with Gasteiger partial charge in [-0.05, 0) is 37.8 Å². The van der Waals surface area contributed by atoms with E-state index in [-0.39, 0.29) is 12.7 Å². The Bertz CT molecular complexity index is 659. The topological polar surface area (TPSA) is 56.6 Å². The van der Waals surface area contributed by atoms with Crippen molar-refractivity contribution in [2.24, 2.45) is 0 Å². The average molecular weight is 284 g/mol. The number of nitrogens with zero attached hydrogens (tertiary/aromatic N) is 2.